The molecule has 0 atom stereocenters. The third-order valence-electron chi connectivity index (χ3n) is 4.89. The molecule has 0 aromatic heterocycles. The van der Waals surface area contributed by atoms with Crippen LogP contribution in [0.3, 0.4) is 0 Å². The van der Waals surface area contributed by atoms with Crippen LogP contribution in [0, 0.1) is 0 Å². The van der Waals surface area contributed by atoms with Crippen LogP contribution in [0.4, 0.5) is 11.4 Å². The molecule has 32 heavy (non-hydrogen) atoms. The van der Waals surface area contributed by atoms with Crippen LogP contribution in [0.25, 0.3) is 6.08 Å². The van der Waals surface area contributed by atoms with Crippen molar-refractivity contribution in [3.05, 3.63) is 90.0 Å². The molecule has 0 spiro atoms. The van der Waals surface area contributed by atoms with Crippen LogP contribution in [0.2, 0.25) is 0 Å². The molecule has 4 rings (SSSR count). The van der Waals surface area contributed by atoms with Crippen LogP contribution in [0.5, 0.6) is 11.5 Å². The maximum atomic E-state index is 13.3. The molecule has 2 amide bonds. The highest BCUT2D eigenvalue weighted by Gasteiger charge is 2.34. The first-order chi connectivity index (χ1) is 15.4. The minimum atomic E-state index is -0.520. The molecule has 160 valence electrons. The van der Waals surface area contributed by atoms with E-state index in [1.165, 1.54) is 4.90 Å². The Morgan fingerprint density at radius 1 is 0.875 bits per heavy atom. The number of rotatable bonds is 5. The third-order valence-corrected chi connectivity index (χ3v) is 5.18. The molecule has 0 aliphatic carbocycles. The Morgan fingerprint density at radius 3 is 2.19 bits per heavy atom. The quantitative estimate of drug-likeness (QED) is 0.360. The zero-order chi connectivity index (χ0) is 22.7. The number of anilines is 2. The van der Waals surface area contributed by atoms with Crippen molar-refractivity contribution in [2.24, 2.45) is 0 Å². The SMILES string of the molecule is CN(C)c1ccccc1C=C1C(=O)NC(=S)N(c2ccc(Oc3ccccc3)cc2)C1=O. The van der Waals surface area contributed by atoms with Gasteiger partial charge in [-0.3, -0.25) is 19.8 Å². The van der Waals surface area contributed by atoms with E-state index in [9.17, 15) is 9.59 Å². The van der Waals surface area contributed by atoms with Crippen molar-refractivity contribution in [3.63, 3.8) is 0 Å². The Labute approximate surface area is 191 Å². The van der Waals surface area contributed by atoms with Gasteiger partial charge in [0.05, 0.1) is 5.69 Å². The molecule has 0 bridgehead atoms. The fourth-order valence-electron chi connectivity index (χ4n) is 3.35. The van der Waals surface area contributed by atoms with Gasteiger partial charge in [0.1, 0.15) is 17.1 Å². The number of hydrogen-bond donors (Lipinski definition) is 1. The second kappa shape index (κ2) is 9.03. The lowest BCUT2D eigenvalue weighted by molar-refractivity contribution is -0.122. The molecule has 1 N–H and O–H groups in total. The minimum absolute atomic E-state index is 0.0116. The number of carbonyl (C=O) groups is 2. The number of thiocarbonyl (C=S) groups is 1. The molecule has 1 saturated heterocycles. The Morgan fingerprint density at radius 2 is 1.50 bits per heavy atom. The summed E-state index contributed by atoms with van der Waals surface area (Å²) in [4.78, 5) is 29.1. The van der Waals surface area contributed by atoms with Crippen molar-refractivity contribution in [1.82, 2.24) is 5.32 Å². The Kier molecular flexibility index (Phi) is 6.00. The summed E-state index contributed by atoms with van der Waals surface area (Å²) in [5.74, 6) is 0.328. The van der Waals surface area contributed by atoms with Crippen LogP contribution in [-0.2, 0) is 9.59 Å². The fraction of sp³-hybridized carbons (Fsp3) is 0.0800. The highest BCUT2D eigenvalue weighted by molar-refractivity contribution is 7.80. The lowest BCUT2D eigenvalue weighted by Crippen LogP contribution is -2.54. The Balaban J connectivity index is 1.63. The zero-order valence-corrected chi connectivity index (χ0v) is 18.4. The van der Waals surface area contributed by atoms with Gasteiger partial charge < -0.3 is 9.64 Å². The Bertz CT molecular complexity index is 1200. The van der Waals surface area contributed by atoms with E-state index in [1.54, 1.807) is 30.3 Å². The molecule has 0 radical (unpaired) electrons. The summed E-state index contributed by atoms with van der Waals surface area (Å²) < 4.78 is 5.81. The summed E-state index contributed by atoms with van der Waals surface area (Å²) in [5, 5.41) is 2.65. The van der Waals surface area contributed by atoms with Gasteiger partial charge in [0, 0.05) is 19.8 Å². The highest BCUT2D eigenvalue weighted by Crippen LogP contribution is 2.28. The maximum Gasteiger partial charge on any atom is 0.270 e. The van der Waals surface area contributed by atoms with Crippen molar-refractivity contribution in [3.8, 4) is 11.5 Å². The van der Waals surface area contributed by atoms with E-state index in [4.69, 9.17) is 17.0 Å². The van der Waals surface area contributed by atoms with E-state index in [0.717, 1.165) is 11.3 Å². The summed E-state index contributed by atoms with van der Waals surface area (Å²) in [6.07, 6.45) is 1.59. The lowest BCUT2D eigenvalue weighted by atomic mass is 10.0. The summed E-state index contributed by atoms with van der Waals surface area (Å²) in [6.45, 7) is 0. The number of para-hydroxylation sites is 2. The molecular weight excluding hydrogens is 422 g/mol. The third kappa shape index (κ3) is 4.38. The number of amides is 2. The molecule has 6 nitrogen and oxygen atoms in total. The molecule has 1 heterocycles. The topological polar surface area (TPSA) is 61.9 Å². The largest absolute Gasteiger partial charge is 0.457 e. The van der Waals surface area contributed by atoms with E-state index in [-0.39, 0.29) is 10.7 Å². The van der Waals surface area contributed by atoms with Gasteiger partial charge >= 0.3 is 0 Å². The molecule has 1 aliphatic heterocycles. The van der Waals surface area contributed by atoms with Gasteiger partial charge in [0.2, 0.25) is 0 Å². The summed E-state index contributed by atoms with van der Waals surface area (Å²) in [7, 11) is 3.81. The summed E-state index contributed by atoms with van der Waals surface area (Å²) >= 11 is 5.29. The molecule has 1 aliphatic rings. The number of hydrogen-bond acceptors (Lipinski definition) is 5. The lowest BCUT2D eigenvalue weighted by Gasteiger charge is -2.29. The Hall–Kier alpha value is -3.97. The molecule has 0 saturated carbocycles. The van der Waals surface area contributed by atoms with Crippen molar-refractivity contribution < 1.29 is 14.3 Å². The van der Waals surface area contributed by atoms with Crippen LogP contribution >= 0.6 is 12.2 Å². The van der Waals surface area contributed by atoms with E-state index in [2.05, 4.69) is 5.32 Å². The normalized spacial score (nSPS) is 15.0. The smallest absolute Gasteiger partial charge is 0.270 e. The number of ether oxygens (including phenoxy) is 1. The van der Waals surface area contributed by atoms with Crippen molar-refractivity contribution in [1.29, 1.82) is 0 Å². The van der Waals surface area contributed by atoms with Gasteiger partial charge in [0.15, 0.2) is 5.11 Å². The van der Waals surface area contributed by atoms with Gasteiger partial charge in [-0.25, -0.2) is 0 Å². The minimum Gasteiger partial charge on any atom is -0.457 e. The van der Waals surface area contributed by atoms with E-state index < -0.39 is 11.8 Å². The van der Waals surface area contributed by atoms with Crippen LogP contribution in [-0.4, -0.2) is 31.0 Å². The van der Waals surface area contributed by atoms with Gasteiger partial charge in [0.25, 0.3) is 11.8 Å². The molecule has 1 fully saturated rings. The second-order valence-electron chi connectivity index (χ2n) is 7.32. The first-order valence-corrected chi connectivity index (χ1v) is 10.4. The van der Waals surface area contributed by atoms with Gasteiger partial charge in [-0.2, -0.15) is 0 Å². The van der Waals surface area contributed by atoms with Crippen LogP contribution < -0.4 is 19.9 Å². The second-order valence-corrected chi connectivity index (χ2v) is 7.71. The van der Waals surface area contributed by atoms with E-state index in [0.29, 0.717) is 17.2 Å². The number of benzene rings is 3. The van der Waals surface area contributed by atoms with Gasteiger partial charge in [-0.05, 0) is 66.3 Å². The first-order valence-electron chi connectivity index (χ1n) is 9.95. The van der Waals surface area contributed by atoms with Gasteiger partial charge in [-0.1, -0.05) is 36.4 Å². The van der Waals surface area contributed by atoms with Crippen molar-refractivity contribution in [2.45, 2.75) is 0 Å². The monoisotopic (exact) mass is 443 g/mol. The molecular formula is C25H21N3O3S. The van der Waals surface area contributed by atoms with Crippen molar-refractivity contribution in [2.75, 3.05) is 23.9 Å². The zero-order valence-electron chi connectivity index (χ0n) is 17.6. The van der Waals surface area contributed by atoms with E-state index in [1.807, 2.05) is 73.6 Å². The van der Waals surface area contributed by atoms with Crippen molar-refractivity contribution >= 4 is 46.6 Å². The number of carbonyl (C=O) groups excluding carboxylic acids is 2. The average molecular weight is 444 g/mol. The standard InChI is InChI=1S/C25H21N3O3S/c1-27(2)22-11-7-6-8-17(22)16-21-23(29)26-25(32)28(24(21)30)18-12-14-20(15-13-18)31-19-9-4-3-5-10-19/h3-16H,1-2H3,(H,26,29,32). The van der Waals surface area contributed by atoms with Gasteiger partial charge in [-0.15, -0.1) is 0 Å². The number of nitrogens with one attached hydrogen (secondary N) is 1. The fourth-order valence-corrected chi connectivity index (χ4v) is 3.63. The van der Waals surface area contributed by atoms with E-state index >= 15 is 0 Å². The predicted molar refractivity (Wildman–Crippen MR) is 130 cm³/mol. The molecule has 0 unspecified atom stereocenters. The number of nitrogens with zero attached hydrogens (tertiary/aromatic N) is 2. The molecule has 7 heteroatoms. The van der Waals surface area contributed by atoms with Crippen LogP contribution in [0.15, 0.2) is 84.4 Å². The molecule has 3 aromatic carbocycles. The molecule has 3 aromatic rings. The maximum absolute atomic E-state index is 13.3. The highest BCUT2D eigenvalue weighted by atomic mass is 32.1. The first kappa shape index (κ1) is 21.3. The summed E-state index contributed by atoms with van der Waals surface area (Å²) in [5.41, 5.74) is 2.20. The summed E-state index contributed by atoms with van der Waals surface area (Å²) in [6, 6.07) is 23.9. The average Bonchev–Trinajstić information content (AvgIpc) is 2.78. The predicted octanol–water partition coefficient (Wildman–Crippen LogP) is 4.38. The van der Waals surface area contributed by atoms with Crippen LogP contribution in [0.1, 0.15) is 5.56 Å².